The van der Waals surface area contributed by atoms with E-state index < -0.39 is 0 Å². The highest BCUT2D eigenvalue weighted by Crippen LogP contribution is 2.27. The normalized spacial score (nSPS) is 11.2. The summed E-state index contributed by atoms with van der Waals surface area (Å²) in [5.41, 5.74) is 2.75. The molecule has 20 heavy (non-hydrogen) atoms. The number of phenols is 1. The van der Waals surface area contributed by atoms with Crippen LogP contribution in [-0.2, 0) is 0 Å². The zero-order valence-corrected chi connectivity index (χ0v) is 12.4. The molecule has 3 nitrogen and oxygen atoms in total. The monoisotopic (exact) mass is 271 g/mol. The van der Waals surface area contributed by atoms with E-state index in [2.05, 4.69) is 5.32 Å². The number of phenolic OH excluding ortho intramolecular Hbond substituents is 1. The van der Waals surface area contributed by atoms with Gasteiger partial charge in [0.2, 0.25) is 0 Å². The van der Waals surface area contributed by atoms with Crippen LogP contribution in [0.2, 0.25) is 0 Å². The van der Waals surface area contributed by atoms with Crippen LogP contribution in [0.15, 0.2) is 42.5 Å². The molecule has 3 heteroatoms. The average molecular weight is 271 g/mol. The molecule has 0 aliphatic carbocycles. The second-order valence-electron chi connectivity index (χ2n) is 5.87. The molecule has 0 aliphatic heterocycles. The molecule has 106 valence electrons. The summed E-state index contributed by atoms with van der Waals surface area (Å²) in [6.07, 6.45) is 0. The second-order valence-corrected chi connectivity index (χ2v) is 5.87. The van der Waals surface area contributed by atoms with Gasteiger partial charge >= 0.3 is 0 Å². The van der Waals surface area contributed by atoms with Gasteiger partial charge in [0.25, 0.3) is 0 Å². The zero-order valence-electron chi connectivity index (χ0n) is 12.4. The first-order valence-electron chi connectivity index (χ1n) is 6.69. The van der Waals surface area contributed by atoms with Crippen molar-refractivity contribution < 1.29 is 9.84 Å². The molecule has 2 N–H and O–H groups in total. The Morgan fingerprint density at radius 3 is 2.40 bits per heavy atom. The van der Waals surface area contributed by atoms with Gasteiger partial charge in [0.15, 0.2) is 0 Å². The molecule has 0 bridgehead atoms. The van der Waals surface area contributed by atoms with E-state index in [1.165, 1.54) is 0 Å². The fourth-order valence-corrected chi connectivity index (χ4v) is 1.93. The molecule has 0 unspecified atom stereocenters. The highest BCUT2D eigenvalue weighted by atomic mass is 16.5. The van der Waals surface area contributed by atoms with Gasteiger partial charge in [-0.3, -0.25) is 0 Å². The van der Waals surface area contributed by atoms with Crippen molar-refractivity contribution >= 4 is 11.4 Å². The first-order valence-corrected chi connectivity index (χ1v) is 6.69. The van der Waals surface area contributed by atoms with E-state index in [4.69, 9.17) is 4.74 Å². The third-order valence-electron chi connectivity index (χ3n) is 2.75. The van der Waals surface area contributed by atoms with E-state index in [-0.39, 0.29) is 11.4 Å². The Labute approximate surface area is 120 Å². The average Bonchev–Trinajstić information content (AvgIpc) is 2.31. The summed E-state index contributed by atoms with van der Waals surface area (Å²) in [6.45, 7) is 8.12. The van der Waals surface area contributed by atoms with Crippen LogP contribution in [0.25, 0.3) is 0 Å². The molecule has 0 aromatic heterocycles. The van der Waals surface area contributed by atoms with Gasteiger partial charge < -0.3 is 15.2 Å². The van der Waals surface area contributed by atoms with Crippen molar-refractivity contribution in [2.75, 3.05) is 5.32 Å². The fourth-order valence-electron chi connectivity index (χ4n) is 1.93. The number of benzene rings is 2. The Balaban J connectivity index is 2.18. The lowest BCUT2D eigenvalue weighted by Gasteiger charge is -2.22. The largest absolute Gasteiger partial charge is 0.508 e. The number of hydrogen-bond acceptors (Lipinski definition) is 3. The van der Waals surface area contributed by atoms with E-state index in [0.717, 1.165) is 22.7 Å². The topological polar surface area (TPSA) is 41.5 Å². The van der Waals surface area contributed by atoms with Crippen molar-refractivity contribution in [3.05, 3.63) is 48.0 Å². The van der Waals surface area contributed by atoms with Crippen LogP contribution in [0.1, 0.15) is 26.3 Å². The van der Waals surface area contributed by atoms with Crippen molar-refractivity contribution in [2.24, 2.45) is 0 Å². The Kier molecular flexibility index (Phi) is 3.89. The van der Waals surface area contributed by atoms with Crippen LogP contribution >= 0.6 is 0 Å². The molecule has 0 aliphatic rings. The van der Waals surface area contributed by atoms with Crippen LogP contribution < -0.4 is 10.1 Å². The van der Waals surface area contributed by atoms with Gasteiger partial charge in [0, 0.05) is 17.4 Å². The highest BCUT2D eigenvalue weighted by molar-refractivity contribution is 5.65. The molecule has 0 heterocycles. The van der Waals surface area contributed by atoms with E-state index in [1.807, 2.05) is 58.0 Å². The predicted molar refractivity (Wildman–Crippen MR) is 82.9 cm³/mol. The van der Waals surface area contributed by atoms with Crippen molar-refractivity contribution in [2.45, 2.75) is 33.3 Å². The smallest absolute Gasteiger partial charge is 0.120 e. The Hall–Kier alpha value is -2.16. The van der Waals surface area contributed by atoms with E-state index in [1.54, 1.807) is 12.1 Å². The maximum Gasteiger partial charge on any atom is 0.120 e. The predicted octanol–water partition coefficient (Wildman–Crippen LogP) is 4.62. The standard InChI is InChI=1S/C17H21NO2/c1-12-10-15(20-17(2,3)4)8-9-16(12)18-13-6-5-7-14(19)11-13/h5-11,18-19H,1-4H3. The minimum absolute atomic E-state index is 0.202. The minimum Gasteiger partial charge on any atom is -0.508 e. The number of aromatic hydroxyl groups is 1. The van der Waals surface area contributed by atoms with Crippen LogP contribution in [0.5, 0.6) is 11.5 Å². The third kappa shape index (κ3) is 3.92. The Morgan fingerprint density at radius 1 is 1.05 bits per heavy atom. The number of ether oxygens (including phenoxy) is 1. The van der Waals surface area contributed by atoms with E-state index in [9.17, 15) is 5.11 Å². The first kappa shape index (κ1) is 14.3. The summed E-state index contributed by atoms with van der Waals surface area (Å²) in [7, 11) is 0. The molecule has 2 aromatic carbocycles. The van der Waals surface area contributed by atoms with Crippen molar-refractivity contribution in [3.8, 4) is 11.5 Å². The summed E-state index contributed by atoms with van der Waals surface area (Å²) >= 11 is 0. The molecular formula is C17H21NO2. The number of hydrogen-bond donors (Lipinski definition) is 2. The fraction of sp³-hybridized carbons (Fsp3) is 0.294. The summed E-state index contributed by atoms with van der Waals surface area (Å²) in [5.74, 6) is 1.11. The van der Waals surface area contributed by atoms with E-state index in [0.29, 0.717) is 0 Å². The number of nitrogens with one attached hydrogen (secondary N) is 1. The molecule has 0 saturated carbocycles. The van der Waals surface area contributed by atoms with Crippen molar-refractivity contribution in [3.63, 3.8) is 0 Å². The Bertz CT molecular complexity index is 600. The quantitative estimate of drug-likeness (QED) is 0.855. The van der Waals surface area contributed by atoms with Gasteiger partial charge in [-0.15, -0.1) is 0 Å². The van der Waals surface area contributed by atoms with Gasteiger partial charge in [0.05, 0.1) is 0 Å². The van der Waals surface area contributed by atoms with Crippen molar-refractivity contribution in [1.82, 2.24) is 0 Å². The number of aryl methyl sites for hydroxylation is 1. The molecule has 0 saturated heterocycles. The van der Waals surface area contributed by atoms with Crippen LogP contribution in [-0.4, -0.2) is 10.7 Å². The summed E-state index contributed by atoms with van der Waals surface area (Å²) < 4.78 is 5.84. The SMILES string of the molecule is Cc1cc(OC(C)(C)C)ccc1Nc1cccc(O)c1. The Morgan fingerprint density at radius 2 is 1.80 bits per heavy atom. The molecule has 2 rings (SSSR count). The van der Waals surface area contributed by atoms with Crippen LogP contribution in [0.4, 0.5) is 11.4 Å². The maximum absolute atomic E-state index is 9.47. The number of anilines is 2. The summed E-state index contributed by atoms with van der Waals surface area (Å²) in [4.78, 5) is 0. The minimum atomic E-state index is -0.202. The van der Waals surface area contributed by atoms with Gasteiger partial charge in [0.1, 0.15) is 17.1 Å². The lowest BCUT2D eigenvalue weighted by molar-refractivity contribution is 0.131. The van der Waals surface area contributed by atoms with Gasteiger partial charge in [-0.1, -0.05) is 6.07 Å². The molecular weight excluding hydrogens is 250 g/mol. The van der Waals surface area contributed by atoms with Gasteiger partial charge in [-0.25, -0.2) is 0 Å². The summed E-state index contributed by atoms with van der Waals surface area (Å²) in [5, 5.41) is 12.8. The van der Waals surface area contributed by atoms with Crippen molar-refractivity contribution in [1.29, 1.82) is 0 Å². The lowest BCUT2D eigenvalue weighted by Crippen LogP contribution is -2.22. The molecule has 2 aromatic rings. The van der Waals surface area contributed by atoms with E-state index >= 15 is 0 Å². The molecule has 0 atom stereocenters. The zero-order chi connectivity index (χ0) is 14.8. The number of rotatable bonds is 3. The molecule has 0 amide bonds. The molecule has 0 spiro atoms. The summed E-state index contributed by atoms with van der Waals surface area (Å²) in [6, 6.07) is 13.0. The molecule has 0 radical (unpaired) electrons. The van der Waals surface area contributed by atoms with Crippen LogP contribution in [0, 0.1) is 6.92 Å². The lowest BCUT2D eigenvalue weighted by atomic mass is 10.1. The first-order chi connectivity index (χ1) is 9.33. The second kappa shape index (κ2) is 5.45. The third-order valence-corrected chi connectivity index (χ3v) is 2.75. The van der Waals surface area contributed by atoms with Gasteiger partial charge in [-0.05, 0) is 63.6 Å². The van der Waals surface area contributed by atoms with Gasteiger partial charge in [-0.2, -0.15) is 0 Å². The highest BCUT2D eigenvalue weighted by Gasteiger charge is 2.12. The molecule has 0 fully saturated rings. The van der Waals surface area contributed by atoms with Crippen LogP contribution in [0.3, 0.4) is 0 Å². The maximum atomic E-state index is 9.47.